The lowest BCUT2D eigenvalue weighted by Crippen LogP contribution is -2.45. The fourth-order valence-corrected chi connectivity index (χ4v) is 5.21. The van der Waals surface area contributed by atoms with E-state index in [9.17, 15) is 13.2 Å². The van der Waals surface area contributed by atoms with Crippen molar-refractivity contribution in [1.82, 2.24) is 4.90 Å². The van der Waals surface area contributed by atoms with Gasteiger partial charge in [0.25, 0.3) is 10.0 Å². The van der Waals surface area contributed by atoms with Crippen LogP contribution in [-0.2, 0) is 21.2 Å². The third-order valence-corrected chi connectivity index (χ3v) is 6.96. The van der Waals surface area contributed by atoms with Crippen molar-refractivity contribution in [2.45, 2.75) is 24.2 Å². The first-order chi connectivity index (χ1) is 14.9. The quantitative estimate of drug-likeness (QED) is 0.763. The van der Waals surface area contributed by atoms with Crippen LogP contribution in [0.1, 0.15) is 18.4 Å². The molecule has 9 heteroatoms. The van der Waals surface area contributed by atoms with Crippen molar-refractivity contribution in [2.75, 3.05) is 32.6 Å². The van der Waals surface area contributed by atoms with Gasteiger partial charge in [0.1, 0.15) is 10.7 Å². The minimum absolute atomic E-state index is 0.0170. The van der Waals surface area contributed by atoms with Gasteiger partial charge in [-0.05, 0) is 42.7 Å². The first-order valence-corrected chi connectivity index (χ1v) is 11.5. The molecule has 1 amide bonds. The van der Waals surface area contributed by atoms with Crippen LogP contribution in [0.25, 0.3) is 0 Å². The van der Waals surface area contributed by atoms with E-state index in [-0.39, 0.29) is 23.1 Å². The van der Waals surface area contributed by atoms with E-state index in [1.165, 1.54) is 6.07 Å². The molecule has 1 saturated heterocycles. The summed E-state index contributed by atoms with van der Waals surface area (Å²) in [4.78, 5) is 14.9. The van der Waals surface area contributed by atoms with Crippen molar-refractivity contribution in [3.63, 3.8) is 0 Å². The van der Waals surface area contributed by atoms with Crippen LogP contribution in [0.5, 0.6) is 11.5 Å². The number of carbonyl (C=O) groups excluding carboxylic acids is 1. The predicted molar refractivity (Wildman–Crippen MR) is 117 cm³/mol. The molecule has 2 aromatic rings. The second kappa shape index (κ2) is 8.58. The smallest absolute Gasteiger partial charge is 0.286 e. The number of amidine groups is 1. The van der Waals surface area contributed by atoms with Crippen LogP contribution in [-0.4, -0.2) is 52.4 Å². The maximum atomic E-state index is 13.0. The molecule has 0 bridgehead atoms. The number of fused-ring (bicyclic) bond motifs is 1. The number of methoxy groups -OCH3 is 2. The highest BCUT2D eigenvalue weighted by Gasteiger charge is 2.32. The monoisotopic (exact) mass is 443 g/mol. The Kier molecular flexibility index (Phi) is 5.86. The first-order valence-electron chi connectivity index (χ1n) is 10.1. The van der Waals surface area contributed by atoms with Crippen molar-refractivity contribution >= 4 is 27.5 Å². The van der Waals surface area contributed by atoms with Gasteiger partial charge in [0.05, 0.1) is 26.3 Å². The predicted octanol–water partition coefficient (Wildman–Crippen LogP) is 2.70. The standard InChI is InChI=1S/C22H25N3O5S/c1-29-18-10-9-15(12-19(18)30-2)13-21(26)25-11-5-6-16(14-25)22-23-17-7-3-4-8-20(17)31(27,28)24-22/h3-4,7-10,12,16H,5-6,11,13-14H2,1-2H3,(H,23,24)/t16-/m1/s1. The molecule has 1 atom stereocenters. The molecule has 1 N–H and O–H groups in total. The van der Waals surface area contributed by atoms with Crippen LogP contribution in [0.3, 0.4) is 0 Å². The summed E-state index contributed by atoms with van der Waals surface area (Å²) >= 11 is 0. The molecule has 0 aliphatic carbocycles. The number of hydrogen-bond donors (Lipinski definition) is 1. The molecule has 2 heterocycles. The van der Waals surface area contributed by atoms with E-state index < -0.39 is 10.0 Å². The fourth-order valence-electron chi connectivity index (χ4n) is 4.01. The number of anilines is 1. The molecule has 4 rings (SSSR count). The van der Waals surface area contributed by atoms with Gasteiger partial charge in [-0.2, -0.15) is 8.42 Å². The molecule has 1 fully saturated rings. The number of carbonyl (C=O) groups is 1. The molecular weight excluding hydrogens is 418 g/mol. The van der Waals surface area contributed by atoms with Crippen molar-refractivity contribution in [3.8, 4) is 11.5 Å². The maximum Gasteiger partial charge on any atom is 0.286 e. The van der Waals surface area contributed by atoms with Crippen LogP contribution >= 0.6 is 0 Å². The largest absolute Gasteiger partial charge is 0.493 e. The van der Waals surface area contributed by atoms with E-state index in [1.807, 2.05) is 6.07 Å². The Morgan fingerprint density at radius 2 is 1.94 bits per heavy atom. The van der Waals surface area contributed by atoms with Gasteiger partial charge in [0, 0.05) is 19.0 Å². The van der Waals surface area contributed by atoms with Crippen LogP contribution in [0.15, 0.2) is 51.8 Å². The number of nitrogens with zero attached hydrogens (tertiary/aromatic N) is 2. The van der Waals surface area contributed by atoms with Gasteiger partial charge < -0.3 is 19.7 Å². The summed E-state index contributed by atoms with van der Waals surface area (Å²) in [6, 6.07) is 12.1. The Hall–Kier alpha value is -3.07. The average molecular weight is 444 g/mol. The summed E-state index contributed by atoms with van der Waals surface area (Å²) in [5.41, 5.74) is 1.36. The number of para-hydroxylation sites is 1. The highest BCUT2D eigenvalue weighted by Crippen LogP contribution is 2.31. The maximum absolute atomic E-state index is 13.0. The van der Waals surface area contributed by atoms with Gasteiger partial charge in [0.15, 0.2) is 11.5 Å². The Morgan fingerprint density at radius 3 is 2.71 bits per heavy atom. The number of ether oxygens (including phenoxy) is 2. The lowest BCUT2D eigenvalue weighted by atomic mass is 9.96. The Labute approximate surface area is 181 Å². The van der Waals surface area contributed by atoms with Crippen LogP contribution < -0.4 is 14.8 Å². The number of sulfonamides is 1. The molecule has 0 spiro atoms. The van der Waals surface area contributed by atoms with Crippen molar-refractivity contribution < 1.29 is 22.7 Å². The molecule has 8 nitrogen and oxygen atoms in total. The average Bonchev–Trinajstić information content (AvgIpc) is 2.78. The number of hydrogen-bond acceptors (Lipinski definition) is 6. The zero-order valence-corrected chi connectivity index (χ0v) is 18.3. The molecule has 31 heavy (non-hydrogen) atoms. The molecule has 0 unspecified atom stereocenters. The minimum atomic E-state index is -3.74. The van der Waals surface area contributed by atoms with Gasteiger partial charge in [-0.1, -0.05) is 18.2 Å². The van der Waals surface area contributed by atoms with E-state index in [1.54, 1.807) is 49.5 Å². The second-order valence-electron chi connectivity index (χ2n) is 7.62. The zero-order chi connectivity index (χ0) is 22.0. The molecule has 2 aromatic carbocycles. The molecule has 164 valence electrons. The van der Waals surface area contributed by atoms with Crippen molar-refractivity contribution in [2.24, 2.45) is 10.3 Å². The molecule has 0 radical (unpaired) electrons. The number of amides is 1. The van der Waals surface area contributed by atoms with Crippen molar-refractivity contribution in [1.29, 1.82) is 0 Å². The fraction of sp³-hybridized carbons (Fsp3) is 0.364. The zero-order valence-electron chi connectivity index (χ0n) is 17.5. The van der Waals surface area contributed by atoms with Crippen LogP contribution in [0.4, 0.5) is 5.69 Å². The molecular formula is C22H25N3O5S. The van der Waals surface area contributed by atoms with E-state index in [0.29, 0.717) is 36.1 Å². The van der Waals surface area contributed by atoms with E-state index in [2.05, 4.69) is 9.71 Å². The number of benzene rings is 2. The SMILES string of the molecule is COc1ccc(CC(=O)N2CCC[C@@H](C3=NS(=O)(=O)c4ccccc4N3)C2)cc1OC. The lowest BCUT2D eigenvalue weighted by molar-refractivity contribution is -0.131. The summed E-state index contributed by atoms with van der Waals surface area (Å²) in [7, 11) is -0.620. The number of likely N-dealkylation sites (tertiary alicyclic amines) is 1. The van der Waals surface area contributed by atoms with Gasteiger partial charge in [0.2, 0.25) is 5.91 Å². The summed E-state index contributed by atoms with van der Waals surface area (Å²) in [6.07, 6.45) is 1.78. The van der Waals surface area contributed by atoms with E-state index >= 15 is 0 Å². The van der Waals surface area contributed by atoms with E-state index in [0.717, 1.165) is 18.4 Å². The highest BCUT2D eigenvalue weighted by atomic mass is 32.2. The molecule has 2 aliphatic rings. The summed E-state index contributed by atoms with van der Waals surface area (Å²) < 4.78 is 39.7. The van der Waals surface area contributed by atoms with Gasteiger partial charge >= 0.3 is 0 Å². The Morgan fingerprint density at radius 1 is 1.16 bits per heavy atom. The van der Waals surface area contributed by atoms with Gasteiger partial charge in [-0.3, -0.25) is 4.79 Å². The third-order valence-electron chi connectivity index (χ3n) is 5.61. The summed E-state index contributed by atoms with van der Waals surface area (Å²) in [6.45, 7) is 1.06. The minimum Gasteiger partial charge on any atom is -0.493 e. The summed E-state index contributed by atoms with van der Waals surface area (Å²) in [5, 5.41) is 3.16. The molecule has 2 aliphatic heterocycles. The van der Waals surface area contributed by atoms with Crippen molar-refractivity contribution in [3.05, 3.63) is 48.0 Å². The number of rotatable bonds is 5. The Balaban J connectivity index is 1.48. The van der Waals surface area contributed by atoms with Gasteiger partial charge in [-0.25, -0.2) is 0 Å². The topological polar surface area (TPSA) is 97.3 Å². The normalized spacial score (nSPS) is 19.6. The second-order valence-corrected chi connectivity index (χ2v) is 9.19. The third kappa shape index (κ3) is 4.36. The van der Waals surface area contributed by atoms with E-state index in [4.69, 9.17) is 9.47 Å². The first kappa shape index (κ1) is 21.2. The van der Waals surface area contributed by atoms with Crippen LogP contribution in [0, 0.1) is 5.92 Å². The number of piperidine rings is 1. The Bertz CT molecular complexity index is 1130. The molecule has 0 saturated carbocycles. The summed E-state index contributed by atoms with van der Waals surface area (Å²) in [5.74, 6) is 1.42. The highest BCUT2D eigenvalue weighted by molar-refractivity contribution is 7.90. The number of nitrogens with one attached hydrogen (secondary N) is 1. The van der Waals surface area contributed by atoms with Crippen LogP contribution in [0.2, 0.25) is 0 Å². The van der Waals surface area contributed by atoms with Gasteiger partial charge in [-0.15, -0.1) is 4.40 Å². The molecule has 0 aromatic heterocycles. The lowest BCUT2D eigenvalue weighted by Gasteiger charge is -2.34.